The van der Waals surface area contributed by atoms with Crippen molar-refractivity contribution >= 4 is 29.0 Å². The molecule has 3 rings (SSSR count). The van der Waals surface area contributed by atoms with Crippen molar-refractivity contribution in [3.8, 4) is 5.75 Å². The average molecular weight is 347 g/mol. The van der Waals surface area contributed by atoms with Gasteiger partial charge in [-0.25, -0.2) is 4.79 Å². The zero-order valence-corrected chi connectivity index (χ0v) is 14.5. The summed E-state index contributed by atoms with van der Waals surface area (Å²) in [6, 6.07) is 5.15. The molecular weight excluding hydrogens is 326 g/mol. The summed E-state index contributed by atoms with van der Waals surface area (Å²) in [5, 5.41) is 9.30. The van der Waals surface area contributed by atoms with Crippen LogP contribution in [-0.2, 0) is 22.4 Å². The molecule has 2 atom stereocenters. The van der Waals surface area contributed by atoms with Crippen LogP contribution in [0.15, 0.2) is 18.2 Å². The van der Waals surface area contributed by atoms with E-state index in [0.29, 0.717) is 24.3 Å². The summed E-state index contributed by atoms with van der Waals surface area (Å²) >= 11 is 5.11. The topological polar surface area (TPSA) is 66.8 Å². The van der Waals surface area contributed by atoms with Gasteiger partial charge in [-0.3, -0.25) is 4.79 Å². The molecule has 1 unspecified atom stereocenters. The molecule has 1 saturated heterocycles. The van der Waals surface area contributed by atoms with Gasteiger partial charge in [0.25, 0.3) is 0 Å². The van der Waals surface area contributed by atoms with E-state index in [1.165, 1.54) is 16.0 Å². The van der Waals surface area contributed by atoms with E-state index in [-0.39, 0.29) is 11.8 Å². The molecule has 24 heavy (non-hydrogen) atoms. The van der Waals surface area contributed by atoms with Gasteiger partial charge in [-0.05, 0) is 54.9 Å². The molecule has 1 amide bonds. The predicted octanol–water partition coefficient (Wildman–Crippen LogP) is 2.25. The van der Waals surface area contributed by atoms with Crippen LogP contribution < -0.4 is 4.74 Å². The number of benzene rings is 1. The summed E-state index contributed by atoms with van der Waals surface area (Å²) < 4.78 is 5.25. The van der Waals surface area contributed by atoms with Crippen molar-refractivity contribution in [2.45, 2.75) is 38.1 Å². The molecule has 2 aliphatic rings. The van der Waals surface area contributed by atoms with Crippen molar-refractivity contribution in [1.82, 2.24) is 4.90 Å². The number of carboxylic acid groups (broad SMARTS) is 1. The lowest BCUT2D eigenvalue weighted by molar-refractivity contribution is -0.146. The Balaban J connectivity index is 1.65. The van der Waals surface area contributed by atoms with Gasteiger partial charge in [-0.2, -0.15) is 0 Å². The first-order valence-electron chi connectivity index (χ1n) is 8.20. The Hall–Kier alpha value is -1.95. The second kappa shape index (κ2) is 6.89. The third-order valence-electron chi connectivity index (χ3n) is 4.98. The van der Waals surface area contributed by atoms with E-state index in [4.69, 9.17) is 17.0 Å². The van der Waals surface area contributed by atoms with Crippen molar-refractivity contribution in [3.05, 3.63) is 29.3 Å². The van der Waals surface area contributed by atoms with E-state index in [1.54, 1.807) is 7.11 Å². The highest BCUT2D eigenvalue weighted by Gasteiger charge is 2.38. The number of carbonyl (C=O) groups is 2. The predicted molar refractivity (Wildman–Crippen MR) is 93.5 cm³/mol. The second-order valence-corrected chi connectivity index (χ2v) is 7.02. The fourth-order valence-corrected chi connectivity index (χ4v) is 4.00. The molecule has 0 spiro atoms. The van der Waals surface area contributed by atoms with Gasteiger partial charge < -0.3 is 14.7 Å². The van der Waals surface area contributed by atoms with Crippen LogP contribution in [0, 0.1) is 5.92 Å². The summed E-state index contributed by atoms with van der Waals surface area (Å²) in [5.41, 5.74) is 2.54. The second-order valence-electron chi connectivity index (χ2n) is 6.49. The zero-order valence-electron chi connectivity index (χ0n) is 13.7. The highest BCUT2D eigenvalue weighted by Crippen LogP contribution is 2.31. The Kier molecular flexibility index (Phi) is 4.85. The first-order valence-corrected chi connectivity index (χ1v) is 8.61. The molecule has 1 aliphatic heterocycles. The molecule has 1 N–H and O–H groups in total. The molecule has 0 saturated carbocycles. The molecule has 1 aliphatic carbocycles. The van der Waals surface area contributed by atoms with Crippen LogP contribution >= 0.6 is 12.2 Å². The van der Waals surface area contributed by atoms with Crippen LogP contribution in [0.1, 0.15) is 30.4 Å². The van der Waals surface area contributed by atoms with E-state index in [1.807, 2.05) is 6.07 Å². The van der Waals surface area contributed by atoms with Gasteiger partial charge in [0.05, 0.1) is 7.11 Å². The van der Waals surface area contributed by atoms with E-state index in [2.05, 4.69) is 12.1 Å². The van der Waals surface area contributed by atoms with Gasteiger partial charge in [-0.1, -0.05) is 18.3 Å². The van der Waals surface area contributed by atoms with Crippen LogP contribution in [0.2, 0.25) is 0 Å². The molecule has 6 heteroatoms. The summed E-state index contributed by atoms with van der Waals surface area (Å²) in [7, 11) is 1.66. The van der Waals surface area contributed by atoms with E-state index >= 15 is 0 Å². The number of carboxylic acids is 1. The van der Waals surface area contributed by atoms with E-state index in [9.17, 15) is 14.7 Å². The maximum absolute atomic E-state index is 12.6. The number of hydrogen-bond donors (Lipinski definition) is 1. The number of thiocarbonyl (C=S) groups is 1. The normalized spacial score (nSPS) is 23.0. The molecular formula is C18H21NO4S. The minimum Gasteiger partial charge on any atom is -0.497 e. The Labute approximate surface area is 146 Å². The molecule has 0 bridgehead atoms. The van der Waals surface area contributed by atoms with E-state index < -0.39 is 12.0 Å². The molecule has 1 aromatic carbocycles. The van der Waals surface area contributed by atoms with Gasteiger partial charge in [-0.15, -0.1) is 0 Å². The van der Waals surface area contributed by atoms with Crippen molar-refractivity contribution in [2.75, 3.05) is 13.7 Å². The van der Waals surface area contributed by atoms with Crippen molar-refractivity contribution < 1.29 is 19.4 Å². The number of rotatable bonds is 4. The van der Waals surface area contributed by atoms with Crippen molar-refractivity contribution in [3.63, 3.8) is 0 Å². The minimum absolute atomic E-state index is 0.0933. The molecule has 0 radical (unpaired) electrons. The fourth-order valence-electron chi connectivity index (χ4n) is 3.68. The third kappa shape index (κ3) is 3.29. The number of fused-ring (bicyclic) bond motifs is 1. The van der Waals surface area contributed by atoms with E-state index in [0.717, 1.165) is 25.0 Å². The first-order chi connectivity index (χ1) is 11.5. The summed E-state index contributed by atoms with van der Waals surface area (Å²) in [6.45, 7) is 0.426. The highest BCUT2D eigenvalue weighted by atomic mass is 32.1. The maximum atomic E-state index is 12.6. The summed E-state index contributed by atoms with van der Waals surface area (Å²) in [4.78, 5) is 25.8. The maximum Gasteiger partial charge on any atom is 0.331 e. The lowest BCUT2D eigenvalue weighted by Crippen LogP contribution is -2.43. The number of carbonyl (C=O) groups excluding carboxylic acids is 1. The third-order valence-corrected chi connectivity index (χ3v) is 5.40. The number of nitrogens with zero attached hydrogens (tertiary/aromatic N) is 1. The van der Waals surface area contributed by atoms with Crippen LogP contribution in [0.5, 0.6) is 5.75 Å². The molecule has 1 fully saturated rings. The number of aryl methyl sites for hydroxylation is 1. The molecule has 0 aromatic heterocycles. The molecule has 1 aromatic rings. The average Bonchev–Trinajstić information content (AvgIpc) is 2.96. The minimum atomic E-state index is -1.02. The Bertz CT molecular complexity index is 688. The summed E-state index contributed by atoms with van der Waals surface area (Å²) in [5.74, 6) is -0.00341. The Morgan fingerprint density at radius 1 is 1.33 bits per heavy atom. The van der Waals surface area contributed by atoms with Gasteiger partial charge in [0, 0.05) is 17.8 Å². The number of methoxy groups -OCH3 is 1. The van der Waals surface area contributed by atoms with Crippen LogP contribution in [0.3, 0.4) is 0 Å². The zero-order chi connectivity index (χ0) is 17.3. The quantitative estimate of drug-likeness (QED) is 0.846. The Morgan fingerprint density at radius 2 is 2.12 bits per heavy atom. The van der Waals surface area contributed by atoms with Crippen LogP contribution in [-0.4, -0.2) is 46.4 Å². The molecule has 5 nitrogen and oxygen atoms in total. The van der Waals surface area contributed by atoms with Gasteiger partial charge in [0.1, 0.15) is 5.75 Å². The molecule has 1 heterocycles. The monoisotopic (exact) mass is 347 g/mol. The number of aliphatic carboxylic acids is 1. The van der Waals surface area contributed by atoms with Crippen molar-refractivity contribution in [1.29, 1.82) is 0 Å². The largest absolute Gasteiger partial charge is 0.497 e. The Morgan fingerprint density at radius 3 is 2.83 bits per heavy atom. The fraction of sp³-hybridized carbons (Fsp3) is 0.500. The number of likely N-dealkylation sites (tertiary alicyclic amines) is 1. The SMILES string of the molecule is COc1ccc2c(c1)CCC(CC(=O)N1CCC(=S)[C@H]1C(=O)O)C2. The number of amides is 1. The van der Waals surface area contributed by atoms with Crippen LogP contribution in [0.25, 0.3) is 0 Å². The number of hydrogen-bond acceptors (Lipinski definition) is 4. The van der Waals surface area contributed by atoms with Crippen LogP contribution in [0.4, 0.5) is 0 Å². The first kappa shape index (κ1) is 16.9. The highest BCUT2D eigenvalue weighted by molar-refractivity contribution is 7.80. The molecule has 128 valence electrons. The lowest BCUT2D eigenvalue weighted by atomic mass is 9.82. The lowest BCUT2D eigenvalue weighted by Gasteiger charge is -2.27. The summed E-state index contributed by atoms with van der Waals surface area (Å²) in [6.07, 6.45) is 3.59. The van der Waals surface area contributed by atoms with Crippen molar-refractivity contribution in [2.24, 2.45) is 5.92 Å². The van der Waals surface area contributed by atoms with Gasteiger partial charge in [0.2, 0.25) is 5.91 Å². The number of ether oxygens (including phenoxy) is 1. The van der Waals surface area contributed by atoms with Gasteiger partial charge in [0.15, 0.2) is 6.04 Å². The van der Waals surface area contributed by atoms with Gasteiger partial charge >= 0.3 is 5.97 Å². The smallest absolute Gasteiger partial charge is 0.331 e. The standard InChI is InChI=1S/C18H21NO4S/c1-23-14-5-4-12-8-11(2-3-13(12)10-14)9-16(20)19-7-6-15(24)17(19)18(21)22/h4-5,10-11,17H,2-3,6-9H2,1H3,(H,21,22)/t11?,17-/m0/s1.